The quantitative estimate of drug-likeness (QED) is 0.869. The zero-order valence-electron chi connectivity index (χ0n) is 11.6. The summed E-state index contributed by atoms with van der Waals surface area (Å²) in [6.45, 7) is 7.61. The molecule has 1 saturated heterocycles. The van der Waals surface area contributed by atoms with Crippen LogP contribution in [0.15, 0.2) is 22.7 Å². The predicted molar refractivity (Wildman–Crippen MR) is 83.1 cm³/mol. The number of nitrogens with zero attached hydrogens (tertiary/aromatic N) is 1. The topological polar surface area (TPSA) is 36.5 Å². The van der Waals surface area contributed by atoms with Gasteiger partial charge in [-0.1, -0.05) is 15.9 Å². The van der Waals surface area contributed by atoms with Gasteiger partial charge in [0.25, 0.3) is 0 Å². The largest absolute Gasteiger partial charge is 0.495 e. The van der Waals surface area contributed by atoms with Gasteiger partial charge >= 0.3 is 0 Å². The number of methoxy groups -OCH3 is 1. The maximum Gasteiger partial charge on any atom is 0.142 e. The summed E-state index contributed by atoms with van der Waals surface area (Å²) < 4.78 is 6.43. The number of piperazine rings is 1. The molecule has 1 fully saturated rings. The molecule has 0 aliphatic carbocycles. The van der Waals surface area contributed by atoms with Crippen LogP contribution >= 0.6 is 15.9 Å². The molecule has 0 spiro atoms. The highest BCUT2D eigenvalue weighted by Gasteiger charge is 2.16. The number of anilines is 1. The second-order valence-electron chi connectivity index (χ2n) is 4.86. The van der Waals surface area contributed by atoms with Crippen LogP contribution in [0.3, 0.4) is 0 Å². The van der Waals surface area contributed by atoms with Crippen molar-refractivity contribution >= 4 is 21.6 Å². The van der Waals surface area contributed by atoms with Gasteiger partial charge in [0.1, 0.15) is 5.75 Å². The van der Waals surface area contributed by atoms with Crippen molar-refractivity contribution in [3.63, 3.8) is 0 Å². The van der Waals surface area contributed by atoms with E-state index in [1.165, 1.54) is 0 Å². The van der Waals surface area contributed by atoms with Crippen molar-refractivity contribution in [1.82, 2.24) is 10.2 Å². The lowest BCUT2D eigenvalue weighted by atomic mass is 10.2. The van der Waals surface area contributed by atoms with Crippen LogP contribution < -0.4 is 15.4 Å². The summed E-state index contributed by atoms with van der Waals surface area (Å²) in [6.07, 6.45) is 0. The normalized spacial score (nSPS) is 18.1. The van der Waals surface area contributed by atoms with Gasteiger partial charge in [-0.2, -0.15) is 0 Å². The third-order valence-electron chi connectivity index (χ3n) is 3.52. The fourth-order valence-electron chi connectivity index (χ4n) is 2.33. The zero-order valence-corrected chi connectivity index (χ0v) is 13.2. The van der Waals surface area contributed by atoms with Crippen LogP contribution in [0.2, 0.25) is 0 Å². The van der Waals surface area contributed by atoms with Gasteiger partial charge in [-0.05, 0) is 25.1 Å². The van der Waals surface area contributed by atoms with E-state index in [-0.39, 0.29) is 0 Å². The van der Waals surface area contributed by atoms with Crippen LogP contribution in [0.1, 0.15) is 6.92 Å². The van der Waals surface area contributed by atoms with E-state index in [2.05, 4.69) is 44.5 Å². The number of ether oxygens (including phenoxy) is 1. The van der Waals surface area contributed by atoms with Crippen LogP contribution in [0.25, 0.3) is 0 Å². The SMILES string of the molecule is COc1ccc(Br)cc1NCC(C)N1CCNCC1. The molecular formula is C14H22BrN3O. The number of hydrogen-bond acceptors (Lipinski definition) is 4. The minimum atomic E-state index is 0.519. The Balaban J connectivity index is 1.92. The molecule has 0 bridgehead atoms. The first kappa shape index (κ1) is 14.6. The fraction of sp³-hybridized carbons (Fsp3) is 0.571. The molecule has 1 atom stereocenters. The van der Waals surface area contributed by atoms with Gasteiger partial charge in [-0.25, -0.2) is 0 Å². The summed E-state index contributed by atoms with van der Waals surface area (Å²) in [5.74, 6) is 0.885. The highest BCUT2D eigenvalue weighted by molar-refractivity contribution is 9.10. The van der Waals surface area contributed by atoms with Crippen LogP contribution in [0.4, 0.5) is 5.69 Å². The summed E-state index contributed by atoms with van der Waals surface area (Å²) in [6, 6.07) is 6.54. The smallest absolute Gasteiger partial charge is 0.142 e. The molecule has 2 N–H and O–H groups in total. The molecule has 1 unspecified atom stereocenters. The average Bonchev–Trinajstić information content (AvgIpc) is 2.46. The van der Waals surface area contributed by atoms with Crippen molar-refractivity contribution < 1.29 is 4.74 Å². The number of benzene rings is 1. The van der Waals surface area contributed by atoms with Crippen LogP contribution in [-0.4, -0.2) is 50.8 Å². The third-order valence-corrected chi connectivity index (χ3v) is 4.02. The van der Waals surface area contributed by atoms with Gasteiger partial charge in [0.2, 0.25) is 0 Å². The minimum absolute atomic E-state index is 0.519. The van der Waals surface area contributed by atoms with Gasteiger partial charge in [0, 0.05) is 43.2 Å². The summed E-state index contributed by atoms with van der Waals surface area (Å²) in [5.41, 5.74) is 1.04. The number of hydrogen-bond donors (Lipinski definition) is 2. The van der Waals surface area contributed by atoms with E-state index in [1.54, 1.807) is 7.11 Å². The molecule has 106 valence electrons. The van der Waals surface area contributed by atoms with Crippen LogP contribution in [0, 0.1) is 0 Å². The lowest BCUT2D eigenvalue weighted by molar-refractivity contribution is 0.191. The van der Waals surface area contributed by atoms with Gasteiger partial charge in [0.05, 0.1) is 12.8 Å². The average molecular weight is 328 g/mol. The van der Waals surface area contributed by atoms with Crippen molar-refractivity contribution in [2.45, 2.75) is 13.0 Å². The Morgan fingerprint density at radius 2 is 2.16 bits per heavy atom. The molecule has 0 amide bonds. The summed E-state index contributed by atoms with van der Waals surface area (Å²) in [5, 5.41) is 6.87. The van der Waals surface area contributed by atoms with Crippen LogP contribution in [0.5, 0.6) is 5.75 Å². The Morgan fingerprint density at radius 3 is 2.84 bits per heavy atom. The summed E-state index contributed by atoms with van der Waals surface area (Å²) in [4.78, 5) is 2.51. The minimum Gasteiger partial charge on any atom is -0.495 e. The van der Waals surface area contributed by atoms with Crippen molar-refractivity contribution in [2.24, 2.45) is 0 Å². The fourth-order valence-corrected chi connectivity index (χ4v) is 2.69. The van der Waals surface area contributed by atoms with Crippen molar-refractivity contribution in [2.75, 3.05) is 45.2 Å². The second-order valence-corrected chi connectivity index (χ2v) is 5.78. The lowest BCUT2D eigenvalue weighted by Crippen LogP contribution is -2.49. The molecule has 0 saturated carbocycles. The van der Waals surface area contributed by atoms with E-state index in [4.69, 9.17) is 4.74 Å². The standard InChI is InChI=1S/C14H22BrN3O/c1-11(18-7-5-16-6-8-18)10-17-13-9-12(15)3-4-14(13)19-2/h3-4,9,11,16-17H,5-8,10H2,1-2H3. The maximum atomic E-state index is 5.37. The second kappa shape index (κ2) is 7.12. The lowest BCUT2D eigenvalue weighted by Gasteiger charge is -2.33. The van der Waals surface area contributed by atoms with E-state index in [1.807, 2.05) is 12.1 Å². The molecule has 4 nitrogen and oxygen atoms in total. The molecular weight excluding hydrogens is 306 g/mol. The van der Waals surface area contributed by atoms with Crippen molar-refractivity contribution in [1.29, 1.82) is 0 Å². The van der Waals surface area contributed by atoms with E-state index in [0.717, 1.165) is 48.6 Å². The molecule has 0 radical (unpaired) electrons. The first-order valence-electron chi connectivity index (χ1n) is 6.73. The number of rotatable bonds is 5. The number of nitrogens with one attached hydrogen (secondary N) is 2. The van der Waals surface area contributed by atoms with Crippen molar-refractivity contribution in [3.05, 3.63) is 22.7 Å². The number of halogens is 1. The van der Waals surface area contributed by atoms with Crippen LogP contribution in [-0.2, 0) is 0 Å². The Labute approximate surface area is 123 Å². The molecule has 1 aliphatic rings. The Hall–Kier alpha value is -0.780. The van der Waals surface area contributed by atoms with Gasteiger partial charge in [-0.15, -0.1) is 0 Å². The molecule has 0 aromatic heterocycles. The predicted octanol–water partition coefficient (Wildman–Crippen LogP) is 2.16. The maximum absolute atomic E-state index is 5.37. The molecule has 19 heavy (non-hydrogen) atoms. The highest BCUT2D eigenvalue weighted by atomic mass is 79.9. The Morgan fingerprint density at radius 1 is 1.42 bits per heavy atom. The van der Waals surface area contributed by atoms with E-state index < -0.39 is 0 Å². The molecule has 1 aromatic carbocycles. The summed E-state index contributed by atoms with van der Waals surface area (Å²) >= 11 is 3.49. The van der Waals surface area contributed by atoms with Gasteiger partial charge < -0.3 is 15.4 Å². The summed E-state index contributed by atoms with van der Waals surface area (Å²) in [7, 11) is 1.70. The Kier molecular flexibility index (Phi) is 5.48. The Bertz CT molecular complexity index is 408. The molecule has 1 heterocycles. The molecule has 5 heteroatoms. The van der Waals surface area contributed by atoms with E-state index in [9.17, 15) is 0 Å². The highest BCUT2D eigenvalue weighted by Crippen LogP contribution is 2.27. The first-order valence-corrected chi connectivity index (χ1v) is 7.52. The van der Waals surface area contributed by atoms with E-state index in [0.29, 0.717) is 6.04 Å². The van der Waals surface area contributed by atoms with Crippen molar-refractivity contribution in [3.8, 4) is 5.75 Å². The zero-order chi connectivity index (χ0) is 13.7. The molecule has 1 aromatic rings. The molecule has 1 aliphatic heterocycles. The monoisotopic (exact) mass is 327 g/mol. The molecule has 2 rings (SSSR count). The van der Waals surface area contributed by atoms with Gasteiger partial charge in [-0.3, -0.25) is 4.90 Å². The first-order chi connectivity index (χ1) is 9.20. The third kappa shape index (κ3) is 4.09. The van der Waals surface area contributed by atoms with Gasteiger partial charge in [0.15, 0.2) is 0 Å². The van der Waals surface area contributed by atoms with E-state index >= 15 is 0 Å².